The maximum absolute atomic E-state index is 12.3. The molecule has 4 atom stereocenters. The number of nitrogens with one attached hydrogen (secondary N) is 1. The predicted octanol–water partition coefficient (Wildman–Crippen LogP) is -0.331. The van der Waals surface area contributed by atoms with E-state index in [4.69, 9.17) is 24.7 Å². The molecule has 1 aliphatic heterocycles. The fourth-order valence-electron chi connectivity index (χ4n) is 3.31. The van der Waals surface area contributed by atoms with Gasteiger partial charge >= 0.3 is 17.9 Å². The van der Waals surface area contributed by atoms with Crippen LogP contribution in [-0.2, 0) is 33.3 Å². The van der Waals surface area contributed by atoms with Crippen LogP contribution >= 0.6 is 0 Å². The summed E-state index contributed by atoms with van der Waals surface area (Å²) in [5.74, 6) is -1.95. The van der Waals surface area contributed by atoms with E-state index in [2.05, 4.69) is 21.5 Å². The van der Waals surface area contributed by atoms with Crippen molar-refractivity contribution in [3.8, 4) is 0 Å². The highest BCUT2D eigenvalue weighted by Crippen LogP contribution is 2.36. The maximum Gasteiger partial charge on any atom is 0.303 e. The zero-order chi connectivity index (χ0) is 22.9. The van der Waals surface area contributed by atoms with Crippen LogP contribution in [0.1, 0.15) is 32.8 Å². The Bertz CT molecular complexity index is 1110. The Morgan fingerprint density at radius 2 is 1.81 bits per heavy atom. The normalized spacial score (nSPS) is 22.8. The summed E-state index contributed by atoms with van der Waals surface area (Å²) in [7, 11) is 0. The monoisotopic (exact) mass is 435 g/mol. The number of hydrogen-bond donors (Lipinski definition) is 2. The molecular weight excluding hydrogens is 414 g/mol. The van der Waals surface area contributed by atoms with Crippen LogP contribution in [0.25, 0.3) is 17.2 Å². The molecule has 0 spiro atoms. The van der Waals surface area contributed by atoms with Crippen molar-refractivity contribution in [1.82, 2.24) is 19.5 Å². The van der Waals surface area contributed by atoms with Gasteiger partial charge in [-0.1, -0.05) is 6.58 Å². The lowest BCUT2D eigenvalue weighted by Gasteiger charge is -2.24. The standard InChI is InChI=1S/C18H21N5O8/c1-5-11-20-12-15(21-18(19)22-16(12)27)23(11)17-14(30-9(4)26)13(29-8(3)25)10(31-17)6-28-7(2)24/h5,10,13-14,17H,1,6H2,2-4H3,(H3,19,21,22,27)/t10-,13-,14-,17-/m1/s1. The average Bonchev–Trinajstić information content (AvgIpc) is 3.17. The summed E-state index contributed by atoms with van der Waals surface area (Å²) in [5, 5.41) is 0. The van der Waals surface area contributed by atoms with Crippen molar-refractivity contribution in [2.75, 3.05) is 12.3 Å². The Labute approximate surface area is 175 Å². The number of carbonyl (C=O) groups is 3. The molecule has 3 rings (SSSR count). The van der Waals surface area contributed by atoms with Crippen LogP contribution in [-0.4, -0.2) is 62.3 Å². The first-order valence-electron chi connectivity index (χ1n) is 9.15. The summed E-state index contributed by atoms with van der Waals surface area (Å²) >= 11 is 0. The van der Waals surface area contributed by atoms with Crippen LogP contribution in [0.5, 0.6) is 0 Å². The Kier molecular flexibility index (Phi) is 6.06. The Morgan fingerprint density at radius 3 is 2.39 bits per heavy atom. The molecule has 0 unspecified atom stereocenters. The van der Waals surface area contributed by atoms with Crippen molar-refractivity contribution >= 4 is 41.1 Å². The van der Waals surface area contributed by atoms with Gasteiger partial charge in [-0.3, -0.25) is 28.7 Å². The summed E-state index contributed by atoms with van der Waals surface area (Å²) in [6, 6.07) is 0. The van der Waals surface area contributed by atoms with Crippen LogP contribution < -0.4 is 11.3 Å². The fourth-order valence-corrected chi connectivity index (χ4v) is 3.31. The van der Waals surface area contributed by atoms with Gasteiger partial charge in [-0.2, -0.15) is 4.98 Å². The molecule has 13 heteroatoms. The van der Waals surface area contributed by atoms with Gasteiger partial charge in [0.05, 0.1) is 0 Å². The summed E-state index contributed by atoms with van der Waals surface area (Å²) in [4.78, 5) is 57.7. The highest BCUT2D eigenvalue weighted by molar-refractivity contribution is 5.74. The van der Waals surface area contributed by atoms with Crippen molar-refractivity contribution in [2.24, 2.45) is 0 Å². The molecular formula is C18H21N5O8. The van der Waals surface area contributed by atoms with Crippen molar-refractivity contribution in [2.45, 2.75) is 45.3 Å². The molecule has 1 fully saturated rings. The Balaban J connectivity index is 2.16. The van der Waals surface area contributed by atoms with Crippen molar-refractivity contribution in [1.29, 1.82) is 0 Å². The third kappa shape index (κ3) is 4.40. The van der Waals surface area contributed by atoms with E-state index in [9.17, 15) is 19.2 Å². The number of nitrogen functional groups attached to an aromatic ring is 1. The minimum absolute atomic E-state index is 0.0352. The van der Waals surface area contributed by atoms with Gasteiger partial charge in [0.15, 0.2) is 29.6 Å². The number of aromatic nitrogens is 4. The van der Waals surface area contributed by atoms with Crippen molar-refractivity contribution in [3.63, 3.8) is 0 Å². The van der Waals surface area contributed by atoms with Crippen LogP contribution in [0.15, 0.2) is 11.4 Å². The van der Waals surface area contributed by atoms with Gasteiger partial charge in [0.1, 0.15) is 18.5 Å². The zero-order valence-electron chi connectivity index (χ0n) is 17.0. The van der Waals surface area contributed by atoms with Crippen LogP contribution in [0.2, 0.25) is 0 Å². The Morgan fingerprint density at radius 1 is 1.16 bits per heavy atom. The molecule has 0 amide bonds. The number of hydrogen-bond acceptors (Lipinski definition) is 11. The molecule has 3 heterocycles. The predicted molar refractivity (Wildman–Crippen MR) is 104 cm³/mol. The van der Waals surface area contributed by atoms with E-state index >= 15 is 0 Å². The van der Waals surface area contributed by atoms with E-state index in [1.807, 2.05) is 0 Å². The molecule has 2 aromatic heterocycles. The largest absolute Gasteiger partial charge is 0.463 e. The number of H-pyrrole nitrogens is 1. The maximum atomic E-state index is 12.3. The molecule has 166 valence electrons. The number of esters is 3. The molecule has 13 nitrogen and oxygen atoms in total. The summed E-state index contributed by atoms with van der Waals surface area (Å²) in [6.07, 6.45) is -3.11. The van der Waals surface area contributed by atoms with Crippen LogP contribution in [0.3, 0.4) is 0 Å². The number of ether oxygens (including phenoxy) is 4. The van der Waals surface area contributed by atoms with Gasteiger partial charge in [-0.05, 0) is 6.08 Å². The fraction of sp³-hybridized carbons (Fsp3) is 0.444. The molecule has 3 N–H and O–H groups in total. The number of nitrogens with zero attached hydrogens (tertiary/aromatic N) is 3. The highest BCUT2D eigenvalue weighted by Gasteiger charge is 2.51. The number of fused-ring (bicyclic) bond motifs is 1. The SMILES string of the molecule is C=Cc1nc2c(=O)[nH]c(N)nc2n1[C@@H]1O[C@H](COC(C)=O)[C@@H](OC(C)=O)[C@H]1OC(C)=O. The number of anilines is 1. The van der Waals surface area contributed by atoms with Gasteiger partial charge in [-0.15, -0.1) is 0 Å². The van der Waals surface area contributed by atoms with Gasteiger partial charge in [0.25, 0.3) is 5.56 Å². The van der Waals surface area contributed by atoms with E-state index in [0.29, 0.717) is 0 Å². The lowest BCUT2D eigenvalue weighted by atomic mass is 10.1. The molecule has 0 radical (unpaired) electrons. The van der Waals surface area contributed by atoms with E-state index in [1.165, 1.54) is 31.4 Å². The summed E-state index contributed by atoms with van der Waals surface area (Å²) in [6.45, 7) is 6.93. The van der Waals surface area contributed by atoms with Gasteiger partial charge in [-0.25, -0.2) is 4.98 Å². The van der Waals surface area contributed by atoms with Gasteiger partial charge < -0.3 is 24.7 Å². The first-order chi connectivity index (χ1) is 14.6. The topological polar surface area (TPSA) is 178 Å². The Hall–Kier alpha value is -3.74. The van der Waals surface area contributed by atoms with Crippen LogP contribution in [0.4, 0.5) is 5.95 Å². The van der Waals surface area contributed by atoms with E-state index < -0.39 is 48.0 Å². The highest BCUT2D eigenvalue weighted by atomic mass is 16.7. The van der Waals surface area contributed by atoms with E-state index in [-0.39, 0.29) is 29.5 Å². The molecule has 0 bridgehead atoms. The second-order valence-electron chi connectivity index (χ2n) is 6.68. The van der Waals surface area contributed by atoms with Gasteiger partial charge in [0.2, 0.25) is 5.95 Å². The molecule has 0 aliphatic carbocycles. The first kappa shape index (κ1) is 22.0. The molecule has 31 heavy (non-hydrogen) atoms. The van der Waals surface area contributed by atoms with E-state index in [1.54, 1.807) is 0 Å². The quantitative estimate of drug-likeness (QED) is 0.448. The number of rotatable bonds is 6. The van der Waals surface area contributed by atoms with Gasteiger partial charge in [0, 0.05) is 20.8 Å². The van der Waals surface area contributed by atoms with Crippen molar-refractivity contribution in [3.05, 3.63) is 22.8 Å². The molecule has 0 aromatic carbocycles. The number of nitrogens with two attached hydrogens (primary N) is 1. The number of aromatic amines is 1. The van der Waals surface area contributed by atoms with E-state index in [0.717, 1.165) is 0 Å². The molecule has 2 aromatic rings. The van der Waals surface area contributed by atoms with Crippen molar-refractivity contribution < 1.29 is 33.3 Å². The molecule has 1 saturated heterocycles. The third-order valence-electron chi connectivity index (χ3n) is 4.37. The zero-order valence-corrected chi connectivity index (χ0v) is 17.0. The summed E-state index contributed by atoms with van der Waals surface area (Å²) < 4.78 is 23.0. The number of carbonyl (C=O) groups excluding carboxylic acids is 3. The lowest BCUT2D eigenvalue weighted by molar-refractivity contribution is -0.166. The minimum atomic E-state index is -1.18. The summed E-state index contributed by atoms with van der Waals surface area (Å²) in [5.41, 5.74) is 5.06. The average molecular weight is 435 g/mol. The second kappa shape index (κ2) is 8.55. The lowest BCUT2D eigenvalue weighted by Crippen LogP contribution is -2.40. The molecule has 1 aliphatic rings. The first-order valence-corrected chi connectivity index (χ1v) is 9.15. The second-order valence-corrected chi connectivity index (χ2v) is 6.68. The number of imidazole rings is 1. The molecule has 0 saturated carbocycles. The smallest absolute Gasteiger partial charge is 0.303 e. The third-order valence-corrected chi connectivity index (χ3v) is 4.37. The minimum Gasteiger partial charge on any atom is -0.463 e. The van der Waals surface area contributed by atoms with Crippen LogP contribution in [0, 0.1) is 0 Å².